The minimum absolute atomic E-state index is 0.132. The number of rotatable bonds is 6. The van der Waals surface area contributed by atoms with Crippen LogP contribution in [0.1, 0.15) is 15.9 Å². The molecule has 0 aliphatic heterocycles. The monoisotopic (exact) mass is 402 g/mol. The molecule has 2 aromatic carbocycles. The van der Waals surface area contributed by atoms with Crippen LogP contribution in [-0.2, 0) is 11.2 Å². The van der Waals surface area contributed by atoms with E-state index in [1.54, 1.807) is 12.1 Å². The first-order valence-corrected chi connectivity index (χ1v) is 8.44. The second-order valence-electron chi connectivity index (χ2n) is 6.24. The number of amides is 2. The number of hydrogen-bond donors (Lipinski definition) is 2. The number of ether oxygens (including phenoxy) is 1. The molecule has 2 amide bonds. The molecule has 29 heavy (non-hydrogen) atoms. The summed E-state index contributed by atoms with van der Waals surface area (Å²) < 4.78 is 36.9. The third-order valence-corrected chi connectivity index (χ3v) is 4.23. The zero-order valence-electron chi connectivity index (χ0n) is 15.2. The first kappa shape index (κ1) is 20.0. The highest BCUT2D eigenvalue weighted by molar-refractivity contribution is 5.97. The van der Waals surface area contributed by atoms with Gasteiger partial charge in [-0.2, -0.15) is 0 Å². The van der Waals surface area contributed by atoms with Crippen LogP contribution in [0.25, 0.3) is 11.0 Å². The third kappa shape index (κ3) is 4.57. The second-order valence-corrected chi connectivity index (χ2v) is 6.24. The molecule has 0 spiro atoms. The third-order valence-electron chi connectivity index (χ3n) is 4.23. The van der Waals surface area contributed by atoms with E-state index in [4.69, 9.17) is 14.9 Å². The molecule has 0 unspecified atom stereocenters. The lowest BCUT2D eigenvalue weighted by Crippen LogP contribution is -2.46. The fourth-order valence-corrected chi connectivity index (χ4v) is 2.88. The molecule has 0 bridgehead atoms. The van der Waals surface area contributed by atoms with Crippen molar-refractivity contribution in [3.8, 4) is 5.75 Å². The summed E-state index contributed by atoms with van der Waals surface area (Å²) in [6.07, 6.45) is -0.132. The molecular formula is C20H16F2N2O5. The minimum atomic E-state index is -1.24. The van der Waals surface area contributed by atoms with Crippen LogP contribution in [-0.4, -0.2) is 25.0 Å². The molecule has 0 fully saturated rings. The van der Waals surface area contributed by atoms with Crippen molar-refractivity contribution in [2.24, 2.45) is 5.73 Å². The van der Waals surface area contributed by atoms with E-state index >= 15 is 0 Å². The normalized spacial score (nSPS) is 11.8. The molecule has 3 rings (SSSR count). The zero-order chi connectivity index (χ0) is 21.1. The fraction of sp³-hybridized carbons (Fsp3) is 0.150. The van der Waals surface area contributed by atoms with Crippen LogP contribution in [0.3, 0.4) is 0 Å². The van der Waals surface area contributed by atoms with E-state index in [1.807, 2.05) is 0 Å². The van der Waals surface area contributed by atoms with Gasteiger partial charge in [0.1, 0.15) is 29.0 Å². The highest BCUT2D eigenvalue weighted by Crippen LogP contribution is 2.23. The van der Waals surface area contributed by atoms with Crippen LogP contribution < -0.4 is 21.4 Å². The first-order valence-electron chi connectivity index (χ1n) is 8.44. The van der Waals surface area contributed by atoms with Crippen molar-refractivity contribution in [3.05, 3.63) is 75.6 Å². The minimum Gasteiger partial charge on any atom is -0.497 e. The van der Waals surface area contributed by atoms with Gasteiger partial charge in [-0.25, -0.2) is 13.6 Å². The number of halogens is 2. The Morgan fingerprint density at radius 3 is 2.45 bits per heavy atom. The molecule has 7 nitrogen and oxygen atoms in total. The molecule has 1 aromatic heterocycles. The van der Waals surface area contributed by atoms with Crippen molar-refractivity contribution < 1.29 is 27.5 Å². The van der Waals surface area contributed by atoms with E-state index in [-0.39, 0.29) is 17.6 Å². The van der Waals surface area contributed by atoms with E-state index in [9.17, 15) is 23.2 Å². The van der Waals surface area contributed by atoms with Crippen molar-refractivity contribution in [2.45, 2.75) is 12.5 Å². The topological polar surface area (TPSA) is 112 Å². The molecule has 0 saturated heterocycles. The summed E-state index contributed by atoms with van der Waals surface area (Å²) in [4.78, 5) is 36.1. The molecular weight excluding hydrogens is 386 g/mol. The maximum absolute atomic E-state index is 13.3. The molecule has 1 atom stereocenters. The van der Waals surface area contributed by atoms with Crippen LogP contribution in [0, 0.1) is 11.6 Å². The van der Waals surface area contributed by atoms with Gasteiger partial charge < -0.3 is 20.2 Å². The zero-order valence-corrected chi connectivity index (χ0v) is 15.2. The van der Waals surface area contributed by atoms with Crippen molar-refractivity contribution >= 4 is 22.8 Å². The number of benzene rings is 2. The Balaban J connectivity index is 1.92. The Hall–Kier alpha value is -3.75. The highest BCUT2D eigenvalue weighted by atomic mass is 19.1. The summed E-state index contributed by atoms with van der Waals surface area (Å²) in [5.74, 6) is -3.19. The SMILES string of the molecule is COc1ccc2c(C[C@H](NC(=O)c3cc(F)cc(F)c3)C(N)=O)cc(=O)oc2c1. The van der Waals surface area contributed by atoms with Crippen molar-refractivity contribution in [1.29, 1.82) is 0 Å². The van der Waals surface area contributed by atoms with Gasteiger partial charge in [-0.3, -0.25) is 9.59 Å². The van der Waals surface area contributed by atoms with E-state index in [2.05, 4.69) is 5.32 Å². The summed E-state index contributed by atoms with van der Waals surface area (Å²) in [5.41, 5.74) is 5.03. The predicted molar refractivity (Wildman–Crippen MR) is 99.5 cm³/mol. The van der Waals surface area contributed by atoms with Crippen molar-refractivity contribution in [1.82, 2.24) is 5.32 Å². The van der Waals surface area contributed by atoms with Crippen LogP contribution in [0.2, 0.25) is 0 Å². The van der Waals surface area contributed by atoms with Crippen LogP contribution in [0.15, 0.2) is 51.7 Å². The number of carbonyl (C=O) groups excluding carboxylic acids is 2. The predicted octanol–water partition coefficient (Wildman–Crippen LogP) is 1.91. The lowest BCUT2D eigenvalue weighted by atomic mass is 10.0. The number of fused-ring (bicyclic) bond motifs is 1. The van der Waals surface area contributed by atoms with Crippen LogP contribution in [0.5, 0.6) is 5.75 Å². The van der Waals surface area contributed by atoms with Gasteiger partial charge in [0, 0.05) is 35.6 Å². The van der Waals surface area contributed by atoms with Crippen molar-refractivity contribution in [3.63, 3.8) is 0 Å². The maximum Gasteiger partial charge on any atom is 0.336 e. The summed E-state index contributed by atoms with van der Waals surface area (Å²) in [6.45, 7) is 0. The van der Waals surface area contributed by atoms with E-state index in [0.717, 1.165) is 12.1 Å². The summed E-state index contributed by atoms with van der Waals surface area (Å²) >= 11 is 0. The largest absolute Gasteiger partial charge is 0.497 e. The summed E-state index contributed by atoms with van der Waals surface area (Å²) in [5, 5.41) is 2.85. The Bertz CT molecular complexity index is 1140. The Morgan fingerprint density at radius 2 is 1.83 bits per heavy atom. The molecule has 0 aliphatic rings. The lowest BCUT2D eigenvalue weighted by molar-refractivity contribution is -0.119. The van der Waals surface area contributed by atoms with Crippen molar-refractivity contribution in [2.75, 3.05) is 7.11 Å². The second kappa shape index (κ2) is 8.09. The molecule has 0 saturated carbocycles. The summed E-state index contributed by atoms with van der Waals surface area (Å²) in [7, 11) is 1.46. The van der Waals surface area contributed by atoms with Gasteiger partial charge >= 0.3 is 5.63 Å². The number of nitrogens with one attached hydrogen (secondary N) is 1. The maximum atomic E-state index is 13.3. The smallest absolute Gasteiger partial charge is 0.336 e. The Morgan fingerprint density at radius 1 is 1.14 bits per heavy atom. The molecule has 0 radical (unpaired) electrons. The average molecular weight is 402 g/mol. The molecule has 3 N–H and O–H groups in total. The number of methoxy groups -OCH3 is 1. The van der Waals surface area contributed by atoms with Crippen LogP contribution >= 0.6 is 0 Å². The number of carbonyl (C=O) groups is 2. The molecule has 1 heterocycles. The lowest BCUT2D eigenvalue weighted by Gasteiger charge is -2.16. The number of primary amides is 1. The molecule has 0 aliphatic carbocycles. The average Bonchev–Trinajstić information content (AvgIpc) is 2.65. The Labute approximate surface area is 163 Å². The van der Waals surface area contributed by atoms with Gasteiger partial charge in [0.05, 0.1) is 7.11 Å². The molecule has 9 heteroatoms. The Kier molecular flexibility index (Phi) is 5.58. The standard InChI is InChI=1S/C20H16F2N2O5/c1-28-14-2-3-15-10(7-18(25)29-17(15)9-14)6-16(19(23)26)24-20(27)11-4-12(21)8-13(22)5-11/h2-5,7-9,16H,6H2,1H3,(H2,23,26)(H,24,27)/t16-/m0/s1. The quantitative estimate of drug-likeness (QED) is 0.612. The molecule has 150 valence electrons. The van der Waals surface area contributed by atoms with Gasteiger partial charge in [-0.15, -0.1) is 0 Å². The van der Waals surface area contributed by atoms with E-state index < -0.39 is 35.1 Å². The van der Waals surface area contributed by atoms with Gasteiger partial charge in [0.15, 0.2) is 0 Å². The fourth-order valence-electron chi connectivity index (χ4n) is 2.88. The highest BCUT2D eigenvalue weighted by Gasteiger charge is 2.22. The van der Waals surface area contributed by atoms with Gasteiger partial charge in [0.2, 0.25) is 5.91 Å². The van der Waals surface area contributed by atoms with E-state index in [1.165, 1.54) is 19.2 Å². The number of nitrogens with two attached hydrogens (primary N) is 1. The first-order chi connectivity index (χ1) is 13.8. The van der Waals surface area contributed by atoms with Crippen LogP contribution in [0.4, 0.5) is 8.78 Å². The number of hydrogen-bond acceptors (Lipinski definition) is 5. The van der Waals surface area contributed by atoms with Gasteiger partial charge in [-0.1, -0.05) is 0 Å². The van der Waals surface area contributed by atoms with E-state index in [0.29, 0.717) is 22.8 Å². The van der Waals surface area contributed by atoms with Gasteiger partial charge in [0.25, 0.3) is 5.91 Å². The molecule has 3 aromatic rings. The summed E-state index contributed by atoms with van der Waals surface area (Å²) in [6, 6.07) is 7.00. The van der Waals surface area contributed by atoms with Gasteiger partial charge in [-0.05, 0) is 29.8 Å².